The van der Waals surface area contributed by atoms with Gasteiger partial charge in [-0.1, -0.05) is 0 Å². The fourth-order valence-corrected chi connectivity index (χ4v) is 3.54. The first-order valence-electron chi connectivity index (χ1n) is 9.76. The molecule has 2 heterocycles. The lowest BCUT2D eigenvalue weighted by Gasteiger charge is -2.37. The standard InChI is InChI=1S/C19H26N6O3/c1-12(18(27)21-14-4-5-15-16(10-14)23-19(28)22-15)25-8-6-24(7-9-25)11-17(26)20-13-2-3-13/h4-5,10,12-13H,2-3,6-9,11H2,1H3,(H,20,26)(H,21,27)(H2,22,23,28). The van der Waals surface area contributed by atoms with Gasteiger partial charge in [-0.25, -0.2) is 4.79 Å². The predicted molar refractivity (Wildman–Crippen MR) is 106 cm³/mol. The number of H-pyrrole nitrogens is 2. The molecule has 1 saturated heterocycles. The molecule has 1 atom stereocenters. The van der Waals surface area contributed by atoms with E-state index in [0.29, 0.717) is 29.3 Å². The van der Waals surface area contributed by atoms with E-state index in [1.165, 1.54) is 0 Å². The SMILES string of the molecule is CC(C(=O)Nc1ccc2[nH]c(=O)[nH]c2c1)N1CCN(CC(=O)NC2CC2)CC1. The number of rotatable bonds is 6. The van der Waals surface area contributed by atoms with Crippen molar-refractivity contribution in [1.29, 1.82) is 0 Å². The molecule has 1 saturated carbocycles. The van der Waals surface area contributed by atoms with Crippen LogP contribution in [0.1, 0.15) is 19.8 Å². The Kier molecular flexibility index (Phi) is 5.19. The number of piperazine rings is 1. The van der Waals surface area contributed by atoms with Gasteiger partial charge in [0.15, 0.2) is 0 Å². The van der Waals surface area contributed by atoms with Gasteiger partial charge in [0.1, 0.15) is 0 Å². The summed E-state index contributed by atoms with van der Waals surface area (Å²) in [5.74, 6) is 0.0112. The molecule has 4 rings (SSSR count). The summed E-state index contributed by atoms with van der Waals surface area (Å²) >= 11 is 0. The Labute approximate surface area is 162 Å². The van der Waals surface area contributed by atoms with Crippen molar-refractivity contribution in [3.05, 3.63) is 28.7 Å². The number of imidazole rings is 1. The average molecular weight is 386 g/mol. The lowest BCUT2D eigenvalue weighted by Crippen LogP contribution is -2.54. The quantitative estimate of drug-likeness (QED) is 0.562. The van der Waals surface area contributed by atoms with Crippen LogP contribution in [0.3, 0.4) is 0 Å². The maximum absolute atomic E-state index is 12.6. The third kappa shape index (κ3) is 4.42. The Balaban J connectivity index is 1.27. The molecule has 1 aromatic carbocycles. The van der Waals surface area contributed by atoms with Gasteiger partial charge in [0.25, 0.3) is 0 Å². The fourth-order valence-electron chi connectivity index (χ4n) is 3.54. The topological polar surface area (TPSA) is 113 Å². The van der Waals surface area contributed by atoms with Crippen LogP contribution in [-0.4, -0.2) is 76.4 Å². The highest BCUT2D eigenvalue weighted by Crippen LogP contribution is 2.18. The molecule has 2 aromatic rings. The first-order valence-corrected chi connectivity index (χ1v) is 9.76. The highest BCUT2D eigenvalue weighted by Gasteiger charge is 2.28. The maximum atomic E-state index is 12.6. The van der Waals surface area contributed by atoms with Gasteiger partial charge >= 0.3 is 5.69 Å². The molecule has 1 aromatic heterocycles. The number of nitrogens with zero attached hydrogens (tertiary/aromatic N) is 2. The smallest absolute Gasteiger partial charge is 0.323 e. The van der Waals surface area contributed by atoms with Crippen LogP contribution in [0, 0.1) is 0 Å². The highest BCUT2D eigenvalue weighted by molar-refractivity contribution is 5.96. The van der Waals surface area contributed by atoms with Crippen LogP contribution in [-0.2, 0) is 9.59 Å². The average Bonchev–Trinajstić information content (AvgIpc) is 3.39. The van der Waals surface area contributed by atoms with Crippen molar-refractivity contribution in [3.8, 4) is 0 Å². The first kappa shape index (κ1) is 18.7. The van der Waals surface area contributed by atoms with Crippen LogP contribution in [0.15, 0.2) is 23.0 Å². The van der Waals surface area contributed by atoms with Crippen molar-refractivity contribution < 1.29 is 9.59 Å². The van der Waals surface area contributed by atoms with E-state index >= 15 is 0 Å². The van der Waals surface area contributed by atoms with E-state index in [-0.39, 0.29) is 23.5 Å². The molecule has 1 unspecified atom stereocenters. The van der Waals surface area contributed by atoms with Crippen molar-refractivity contribution in [1.82, 2.24) is 25.1 Å². The second-order valence-corrected chi connectivity index (χ2v) is 7.66. The minimum atomic E-state index is -0.275. The Morgan fingerprint density at radius 2 is 1.86 bits per heavy atom. The second-order valence-electron chi connectivity index (χ2n) is 7.66. The Morgan fingerprint density at radius 3 is 2.57 bits per heavy atom. The summed E-state index contributed by atoms with van der Waals surface area (Å²) in [6, 6.07) is 5.39. The van der Waals surface area contributed by atoms with Gasteiger partial charge in [0.05, 0.1) is 23.6 Å². The number of nitrogens with one attached hydrogen (secondary N) is 4. The van der Waals surface area contributed by atoms with Gasteiger partial charge in [-0.15, -0.1) is 0 Å². The van der Waals surface area contributed by atoms with Crippen molar-refractivity contribution in [2.75, 3.05) is 38.0 Å². The summed E-state index contributed by atoms with van der Waals surface area (Å²) in [5, 5.41) is 5.93. The minimum absolute atomic E-state index is 0.0860. The van der Waals surface area contributed by atoms with E-state index in [9.17, 15) is 14.4 Å². The molecule has 1 aliphatic heterocycles. The van der Waals surface area contributed by atoms with Crippen LogP contribution < -0.4 is 16.3 Å². The van der Waals surface area contributed by atoms with Crippen molar-refractivity contribution in [2.24, 2.45) is 0 Å². The van der Waals surface area contributed by atoms with Gasteiger partial charge in [-0.05, 0) is 38.0 Å². The van der Waals surface area contributed by atoms with Crippen LogP contribution in [0.25, 0.3) is 11.0 Å². The van der Waals surface area contributed by atoms with Crippen molar-refractivity contribution in [2.45, 2.75) is 31.8 Å². The molecule has 150 valence electrons. The maximum Gasteiger partial charge on any atom is 0.323 e. The van der Waals surface area contributed by atoms with Crippen LogP contribution in [0.4, 0.5) is 5.69 Å². The van der Waals surface area contributed by atoms with Crippen LogP contribution in [0.2, 0.25) is 0 Å². The summed E-state index contributed by atoms with van der Waals surface area (Å²) in [6.45, 7) is 5.35. The van der Waals surface area contributed by atoms with E-state index in [1.54, 1.807) is 18.2 Å². The largest absolute Gasteiger partial charge is 0.352 e. The molecule has 2 aliphatic rings. The van der Waals surface area contributed by atoms with Gasteiger partial charge in [0, 0.05) is 37.9 Å². The molecule has 9 heteroatoms. The molecule has 2 fully saturated rings. The summed E-state index contributed by atoms with van der Waals surface area (Å²) in [7, 11) is 0. The normalized spacial score (nSPS) is 19.5. The third-order valence-electron chi connectivity index (χ3n) is 5.43. The summed E-state index contributed by atoms with van der Waals surface area (Å²) in [6.07, 6.45) is 2.19. The van der Waals surface area contributed by atoms with Crippen LogP contribution in [0.5, 0.6) is 0 Å². The van der Waals surface area contributed by atoms with E-state index in [2.05, 4.69) is 30.4 Å². The highest BCUT2D eigenvalue weighted by atomic mass is 16.2. The zero-order valence-corrected chi connectivity index (χ0v) is 16.0. The number of benzene rings is 1. The number of carbonyl (C=O) groups is 2. The number of anilines is 1. The number of fused-ring (bicyclic) bond motifs is 1. The Hall–Kier alpha value is -2.65. The van der Waals surface area contributed by atoms with Gasteiger partial charge in [0.2, 0.25) is 11.8 Å². The molecule has 0 radical (unpaired) electrons. The molecule has 9 nitrogen and oxygen atoms in total. The third-order valence-corrected chi connectivity index (χ3v) is 5.43. The molecular formula is C19H26N6O3. The zero-order valence-electron chi connectivity index (χ0n) is 16.0. The Bertz CT molecular complexity index is 923. The lowest BCUT2D eigenvalue weighted by molar-refractivity contribution is -0.124. The molecular weight excluding hydrogens is 360 g/mol. The Morgan fingerprint density at radius 1 is 1.14 bits per heavy atom. The molecule has 1 aliphatic carbocycles. The first-order chi connectivity index (χ1) is 13.5. The molecule has 2 amide bonds. The molecule has 4 N–H and O–H groups in total. The minimum Gasteiger partial charge on any atom is -0.352 e. The molecule has 28 heavy (non-hydrogen) atoms. The number of aromatic nitrogens is 2. The van der Waals surface area contributed by atoms with Gasteiger partial charge in [-0.3, -0.25) is 19.4 Å². The fraction of sp³-hybridized carbons (Fsp3) is 0.526. The lowest BCUT2D eigenvalue weighted by atomic mass is 10.2. The van der Waals surface area contributed by atoms with E-state index in [1.807, 2.05) is 6.92 Å². The van der Waals surface area contributed by atoms with Crippen molar-refractivity contribution in [3.63, 3.8) is 0 Å². The summed E-state index contributed by atoms with van der Waals surface area (Å²) < 4.78 is 0. The molecule has 0 bridgehead atoms. The van der Waals surface area contributed by atoms with E-state index < -0.39 is 0 Å². The summed E-state index contributed by atoms with van der Waals surface area (Å²) in [5.41, 5.74) is 1.75. The number of aromatic amines is 2. The number of hydrogen-bond donors (Lipinski definition) is 4. The van der Waals surface area contributed by atoms with E-state index in [0.717, 1.165) is 39.0 Å². The predicted octanol–water partition coefficient (Wildman–Crippen LogP) is 0.0794. The van der Waals surface area contributed by atoms with Gasteiger partial charge < -0.3 is 20.6 Å². The molecule has 0 spiro atoms. The van der Waals surface area contributed by atoms with E-state index in [4.69, 9.17) is 0 Å². The number of carbonyl (C=O) groups excluding carboxylic acids is 2. The monoisotopic (exact) mass is 386 g/mol. The zero-order chi connectivity index (χ0) is 19.7. The van der Waals surface area contributed by atoms with Crippen molar-refractivity contribution >= 4 is 28.5 Å². The number of hydrogen-bond acceptors (Lipinski definition) is 5. The number of amides is 2. The second kappa shape index (κ2) is 7.76. The summed E-state index contributed by atoms with van der Waals surface area (Å²) in [4.78, 5) is 45.5. The van der Waals surface area contributed by atoms with Crippen LogP contribution >= 0.6 is 0 Å². The van der Waals surface area contributed by atoms with Gasteiger partial charge in [-0.2, -0.15) is 0 Å².